The van der Waals surface area contributed by atoms with Crippen molar-refractivity contribution in [1.82, 2.24) is 15.2 Å². The Bertz CT molecular complexity index is 782. The van der Waals surface area contributed by atoms with E-state index in [0.29, 0.717) is 17.8 Å². The van der Waals surface area contributed by atoms with Crippen molar-refractivity contribution in [3.63, 3.8) is 0 Å². The van der Waals surface area contributed by atoms with Gasteiger partial charge in [-0.1, -0.05) is 45.9 Å². The molecule has 1 N–H and O–H groups in total. The Morgan fingerprint density at radius 2 is 1.92 bits per heavy atom. The number of benzene rings is 1. The molecule has 2 amide bonds. The van der Waals surface area contributed by atoms with E-state index >= 15 is 0 Å². The number of para-hydroxylation sites is 1. The third kappa shape index (κ3) is 4.69. The summed E-state index contributed by atoms with van der Waals surface area (Å²) in [5, 5.41) is 3.64. The Labute approximate surface area is 156 Å². The molecular formula is C21H29N3O2. The summed E-state index contributed by atoms with van der Waals surface area (Å²) < 4.78 is 0. The molecule has 1 aromatic heterocycles. The van der Waals surface area contributed by atoms with Crippen molar-refractivity contribution < 1.29 is 9.59 Å². The van der Waals surface area contributed by atoms with E-state index in [-0.39, 0.29) is 11.8 Å². The molecule has 2 rings (SSSR count). The van der Waals surface area contributed by atoms with Crippen LogP contribution in [0.15, 0.2) is 42.1 Å². The molecule has 0 aliphatic rings. The van der Waals surface area contributed by atoms with Crippen LogP contribution in [-0.2, 0) is 9.59 Å². The van der Waals surface area contributed by atoms with Crippen molar-refractivity contribution in [2.24, 2.45) is 5.92 Å². The molecule has 0 spiro atoms. The van der Waals surface area contributed by atoms with E-state index in [1.54, 1.807) is 18.1 Å². The average molecular weight is 355 g/mol. The van der Waals surface area contributed by atoms with Crippen molar-refractivity contribution in [3.05, 3.63) is 47.7 Å². The maximum absolute atomic E-state index is 12.4. The number of pyridine rings is 1. The molecule has 1 heterocycles. The number of carbonyl (C=O) groups is 2. The van der Waals surface area contributed by atoms with Gasteiger partial charge >= 0.3 is 0 Å². The van der Waals surface area contributed by atoms with Crippen molar-refractivity contribution in [2.45, 2.75) is 34.6 Å². The quantitative estimate of drug-likeness (QED) is 0.632. The van der Waals surface area contributed by atoms with Crippen LogP contribution in [-0.4, -0.2) is 35.8 Å². The first-order valence-electron chi connectivity index (χ1n) is 9.06. The lowest BCUT2D eigenvalue weighted by Gasteiger charge is -2.25. The average Bonchev–Trinajstić information content (AvgIpc) is 2.68. The molecule has 140 valence electrons. The third-order valence-corrected chi connectivity index (χ3v) is 3.92. The predicted octanol–water partition coefficient (Wildman–Crippen LogP) is 3.85. The minimum Gasteiger partial charge on any atom is -0.355 e. The summed E-state index contributed by atoms with van der Waals surface area (Å²) >= 11 is 0. The largest absolute Gasteiger partial charge is 0.355 e. The first-order valence-corrected chi connectivity index (χ1v) is 9.06. The number of likely N-dealkylation sites (N-methyl/N-ethyl adjacent to an activating group) is 1. The lowest BCUT2D eigenvalue weighted by atomic mass is 9.95. The number of amides is 2. The van der Waals surface area contributed by atoms with Gasteiger partial charge in [0.15, 0.2) is 0 Å². The molecule has 0 saturated carbocycles. The van der Waals surface area contributed by atoms with Crippen molar-refractivity contribution in [1.29, 1.82) is 0 Å². The number of aromatic nitrogens is 1. The molecule has 0 saturated heterocycles. The highest BCUT2D eigenvalue weighted by molar-refractivity contribution is 6.02. The maximum Gasteiger partial charge on any atom is 0.249 e. The highest BCUT2D eigenvalue weighted by Gasteiger charge is 2.23. The van der Waals surface area contributed by atoms with Gasteiger partial charge in [-0.3, -0.25) is 14.6 Å². The molecule has 5 nitrogen and oxygen atoms in total. The molecular weight excluding hydrogens is 326 g/mol. The summed E-state index contributed by atoms with van der Waals surface area (Å²) in [5.74, 6) is -0.228. The summed E-state index contributed by atoms with van der Waals surface area (Å²) in [6, 6.07) is 9.74. The van der Waals surface area contributed by atoms with Crippen LogP contribution < -0.4 is 5.32 Å². The normalized spacial score (nSPS) is 11.3. The van der Waals surface area contributed by atoms with Gasteiger partial charge in [0.25, 0.3) is 0 Å². The van der Waals surface area contributed by atoms with Crippen LogP contribution in [0, 0.1) is 5.92 Å². The van der Waals surface area contributed by atoms with Crippen molar-refractivity contribution in [3.8, 4) is 0 Å². The SMILES string of the molecule is CC.CCN(C=O)/C(=C(\C(=O)NC)C(C)C)c1cnc2ccccc2c1. The van der Waals surface area contributed by atoms with E-state index < -0.39 is 0 Å². The van der Waals surface area contributed by atoms with Crippen LogP contribution in [0.2, 0.25) is 0 Å². The van der Waals surface area contributed by atoms with Crippen molar-refractivity contribution in [2.75, 3.05) is 13.6 Å². The Hall–Kier alpha value is -2.69. The molecule has 0 unspecified atom stereocenters. The molecule has 0 fully saturated rings. The number of carbonyl (C=O) groups excluding carboxylic acids is 2. The number of nitrogens with zero attached hydrogens (tertiary/aromatic N) is 2. The first kappa shape index (κ1) is 21.4. The van der Waals surface area contributed by atoms with E-state index in [4.69, 9.17) is 0 Å². The topological polar surface area (TPSA) is 62.3 Å². The molecule has 0 aliphatic carbocycles. The van der Waals surface area contributed by atoms with Gasteiger partial charge in [-0.2, -0.15) is 0 Å². The number of rotatable bonds is 6. The molecule has 0 radical (unpaired) electrons. The van der Waals surface area contributed by atoms with E-state index in [9.17, 15) is 9.59 Å². The summed E-state index contributed by atoms with van der Waals surface area (Å²) in [5.41, 5.74) is 2.82. The predicted molar refractivity (Wildman–Crippen MR) is 107 cm³/mol. The summed E-state index contributed by atoms with van der Waals surface area (Å²) in [6.07, 6.45) is 2.48. The Morgan fingerprint density at radius 3 is 2.46 bits per heavy atom. The van der Waals surface area contributed by atoms with Gasteiger partial charge in [0, 0.05) is 36.3 Å². The monoisotopic (exact) mass is 355 g/mol. The molecule has 1 aromatic carbocycles. The van der Waals surface area contributed by atoms with Gasteiger partial charge in [0.05, 0.1) is 11.2 Å². The van der Waals surface area contributed by atoms with Gasteiger partial charge in [-0.15, -0.1) is 0 Å². The molecule has 0 atom stereocenters. The number of nitrogens with one attached hydrogen (secondary N) is 1. The Balaban J connectivity index is 0.00000163. The Morgan fingerprint density at radius 1 is 1.27 bits per heavy atom. The Kier molecular flexibility index (Phi) is 8.49. The number of hydrogen-bond acceptors (Lipinski definition) is 3. The smallest absolute Gasteiger partial charge is 0.249 e. The highest BCUT2D eigenvalue weighted by atomic mass is 16.2. The van der Waals surface area contributed by atoms with E-state index in [0.717, 1.165) is 22.9 Å². The fourth-order valence-corrected chi connectivity index (χ4v) is 2.74. The second-order valence-corrected chi connectivity index (χ2v) is 5.80. The number of fused-ring (bicyclic) bond motifs is 1. The molecule has 0 aliphatic heterocycles. The van der Waals surface area contributed by atoms with Crippen LogP contribution in [0.4, 0.5) is 0 Å². The van der Waals surface area contributed by atoms with Crippen LogP contribution >= 0.6 is 0 Å². The van der Waals surface area contributed by atoms with Crippen LogP contribution in [0.5, 0.6) is 0 Å². The minimum atomic E-state index is -0.187. The zero-order chi connectivity index (χ0) is 19.7. The molecule has 0 bridgehead atoms. The summed E-state index contributed by atoms with van der Waals surface area (Å²) in [4.78, 5) is 30.1. The molecule has 26 heavy (non-hydrogen) atoms. The highest BCUT2D eigenvalue weighted by Crippen LogP contribution is 2.28. The molecule has 5 heteroatoms. The molecule has 2 aromatic rings. The van der Waals surface area contributed by atoms with Gasteiger partial charge in [0.1, 0.15) is 0 Å². The maximum atomic E-state index is 12.4. The first-order chi connectivity index (χ1) is 12.5. The minimum absolute atomic E-state index is 0.0413. The lowest BCUT2D eigenvalue weighted by Crippen LogP contribution is -2.29. The lowest BCUT2D eigenvalue weighted by molar-refractivity contribution is -0.117. The zero-order valence-electron chi connectivity index (χ0n) is 16.5. The zero-order valence-corrected chi connectivity index (χ0v) is 16.5. The van der Waals surface area contributed by atoms with Crippen molar-refractivity contribution >= 4 is 28.9 Å². The number of hydrogen-bond donors (Lipinski definition) is 1. The summed E-state index contributed by atoms with van der Waals surface area (Å²) in [7, 11) is 1.60. The standard InChI is InChI=1S/C19H23N3O2.C2H6/c1-5-22(12-23)18(17(13(2)3)19(24)20-4)15-10-14-8-6-7-9-16(14)21-11-15;1-2/h6-13H,5H2,1-4H3,(H,20,24);1-2H3/b18-17-;. The van der Waals surface area contributed by atoms with Gasteiger partial charge < -0.3 is 10.2 Å². The second kappa shape index (κ2) is 10.3. The van der Waals surface area contributed by atoms with E-state index in [2.05, 4.69) is 10.3 Å². The fraction of sp³-hybridized carbons (Fsp3) is 0.381. The van der Waals surface area contributed by atoms with Gasteiger partial charge in [0.2, 0.25) is 12.3 Å². The third-order valence-electron chi connectivity index (χ3n) is 3.92. The van der Waals surface area contributed by atoms with Crippen LogP contribution in [0.1, 0.15) is 40.2 Å². The van der Waals surface area contributed by atoms with E-state index in [1.165, 1.54) is 0 Å². The summed E-state index contributed by atoms with van der Waals surface area (Å²) in [6.45, 7) is 10.2. The second-order valence-electron chi connectivity index (χ2n) is 5.80. The fourth-order valence-electron chi connectivity index (χ4n) is 2.74. The van der Waals surface area contributed by atoms with Gasteiger partial charge in [-0.05, 0) is 25.0 Å². The van der Waals surface area contributed by atoms with Gasteiger partial charge in [-0.25, -0.2) is 0 Å². The van der Waals surface area contributed by atoms with E-state index in [1.807, 2.05) is 65.0 Å². The van der Waals surface area contributed by atoms with Crippen LogP contribution in [0.25, 0.3) is 16.6 Å². The van der Waals surface area contributed by atoms with Crippen LogP contribution in [0.3, 0.4) is 0 Å².